The van der Waals surface area contributed by atoms with Crippen LogP contribution in [0.2, 0.25) is 0 Å². The summed E-state index contributed by atoms with van der Waals surface area (Å²) in [7, 11) is 0. The lowest BCUT2D eigenvalue weighted by Crippen LogP contribution is -2.38. The lowest BCUT2D eigenvalue weighted by atomic mass is 9.94. The molecule has 1 N–H and O–H groups in total. The molecule has 116 valence electrons. The first-order valence-electron chi connectivity index (χ1n) is 7.28. The number of benzene rings is 1. The van der Waals surface area contributed by atoms with Crippen molar-refractivity contribution in [3.63, 3.8) is 0 Å². The van der Waals surface area contributed by atoms with Crippen LogP contribution in [0.5, 0.6) is 5.75 Å². The van der Waals surface area contributed by atoms with Gasteiger partial charge in [-0.1, -0.05) is 17.7 Å². The third kappa shape index (κ3) is 2.37. The summed E-state index contributed by atoms with van der Waals surface area (Å²) in [6, 6.07) is 5.61. The van der Waals surface area contributed by atoms with Gasteiger partial charge in [0.2, 0.25) is 5.91 Å². The van der Waals surface area contributed by atoms with Crippen molar-refractivity contribution in [1.29, 1.82) is 0 Å². The van der Waals surface area contributed by atoms with Crippen molar-refractivity contribution in [2.24, 2.45) is 0 Å². The normalized spacial score (nSPS) is 20.5. The molecule has 1 saturated heterocycles. The zero-order valence-electron chi connectivity index (χ0n) is 12.6. The Morgan fingerprint density at radius 1 is 1.41 bits per heavy atom. The molecule has 2 heterocycles. The van der Waals surface area contributed by atoms with Gasteiger partial charge >= 0.3 is 0 Å². The number of aliphatic hydroxyl groups excluding tert-OH is 1. The number of ether oxygens (including phenoxy) is 1. The van der Waals surface area contributed by atoms with Gasteiger partial charge in [-0.3, -0.25) is 4.79 Å². The molecule has 0 unspecified atom stereocenters. The van der Waals surface area contributed by atoms with E-state index in [9.17, 15) is 9.90 Å². The summed E-state index contributed by atoms with van der Waals surface area (Å²) in [6.45, 7) is 4.19. The fourth-order valence-electron chi connectivity index (χ4n) is 2.89. The summed E-state index contributed by atoms with van der Waals surface area (Å²) in [5, 5.41) is 10.7. The molecule has 0 aromatic heterocycles. The zero-order valence-corrected chi connectivity index (χ0v) is 13.4. The maximum Gasteiger partial charge on any atom is 0.227 e. The van der Waals surface area contributed by atoms with Gasteiger partial charge in [0, 0.05) is 24.1 Å². The van der Waals surface area contributed by atoms with Crippen molar-refractivity contribution in [3.8, 4) is 5.75 Å². The second kappa shape index (κ2) is 5.36. The number of likely N-dealkylation sites (tertiary alicyclic amines) is 1. The summed E-state index contributed by atoms with van der Waals surface area (Å²) < 4.78 is 5.89. The predicted octanol–water partition coefficient (Wildman–Crippen LogP) is 3.92. The smallest absolute Gasteiger partial charge is 0.227 e. The lowest BCUT2D eigenvalue weighted by Gasteiger charge is -2.36. The fourth-order valence-corrected chi connectivity index (χ4v) is 3.04. The number of aliphatic hydroxyl groups is 1. The summed E-state index contributed by atoms with van der Waals surface area (Å²) >= 11 is 5.64. The van der Waals surface area contributed by atoms with E-state index in [-0.39, 0.29) is 11.7 Å². The average Bonchev–Trinajstić information content (AvgIpc) is 2.87. The highest BCUT2D eigenvalue weighted by atomic mass is 35.5. The highest BCUT2D eigenvalue weighted by Gasteiger charge is 2.40. The number of fused-ring (bicyclic) bond motifs is 1. The van der Waals surface area contributed by atoms with Crippen LogP contribution in [0.15, 0.2) is 29.5 Å². The molecule has 0 aliphatic carbocycles. The van der Waals surface area contributed by atoms with Gasteiger partial charge < -0.3 is 14.7 Å². The summed E-state index contributed by atoms with van der Waals surface area (Å²) in [5.41, 5.74) is 2.72. The maximum absolute atomic E-state index is 12.2. The van der Waals surface area contributed by atoms with Gasteiger partial charge in [-0.15, -0.1) is 0 Å². The standard InChI is InChI=1S/C17H18ClNO3/c1-17(2)16(21)15(19-9-3-4-14(19)20)12-10-11(7-8-18)5-6-13(12)22-17/h5-8,10,21H,3-4,9H2,1-2H3/b8-7+. The van der Waals surface area contributed by atoms with Crippen LogP contribution in [-0.2, 0) is 4.79 Å². The van der Waals surface area contributed by atoms with E-state index in [0.29, 0.717) is 24.4 Å². The van der Waals surface area contributed by atoms with Crippen molar-refractivity contribution in [1.82, 2.24) is 4.90 Å². The molecular formula is C17H18ClNO3. The number of hydrogen-bond donors (Lipinski definition) is 1. The van der Waals surface area contributed by atoms with Crippen molar-refractivity contribution >= 4 is 29.3 Å². The Balaban J connectivity index is 2.19. The Labute approximate surface area is 134 Å². The largest absolute Gasteiger partial charge is 0.506 e. The first-order valence-corrected chi connectivity index (χ1v) is 7.72. The minimum Gasteiger partial charge on any atom is -0.506 e. The Kier molecular flexibility index (Phi) is 3.65. The molecule has 0 saturated carbocycles. The topological polar surface area (TPSA) is 49.8 Å². The molecular weight excluding hydrogens is 302 g/mol. The number of rotatable bonds is 2. The van der Waals surface area contributed by atoms with Gasteiger partial charge in [-0.25, -0.2) is 0 Å². The van der Waals surface area contributed by atoms with E-state index in [1.807, 2.05) is 18.2 Å². The number of halogens is 1. The van der Waals surface area contributed by atoms with Gasteiger partial charge in [0.25, 0.3) is 0 Å². The zero-order chi connectivity index (χ0) is 15.9. The molecule has 0 bridgehead atoms. The van der Waals surface area contributed by atoms with Crippen molar-refractivity contribution < 1.29 is 14.6 Å². The van der Waals surface area contributed by atoms with Gasteiger partial charge in [0.05, 0.1) is 5.70 Å². The van der Waals surface area contributed by atoms with Crippen molar-refractivity contribution in [2.45, 2.75) is 32.3 Å². The Morgan fingerprint density at radius 2 is 2.18 bits per heavy atom. The van der Waals surface area contributed by atoms with Crippen LogP contribution in [-0.4, -0.2) is 28.1 Å². The van der Waals surface area contributed by atoms with E-state index in [0.717, 1.165) is 17.5 Å². The van der Waals surface area contributed by atoms with Crippen LogP contribution in [0.3, 0.4) is 0 Å². The van der Waals surface area contributed by atoms with Crippen LogP contribution in [0.1, 0.15) is 37.8 Å². The van der Waals surface area contributed by atoms with Gasteiger partial charge in [0.1, 0.15) is 5.75 Å². The molecule has 2 aliphatic rings. The quantitative estimate of drug-likeness (QED) is 0.899. The van der Waals surface area contributed by atoms with E-state index >= 15 is 0 Å². The Hall–Kier alpha value is -1.94. The molecule has 2 aliphatic heterocycles. The lowest BCUT2D eigenvalue weighted by molar-refractivity contribution is -0.125. The second-order valence-corrected chi connectivity index (χ2v) is 6.26. The van der Waals surface area contributed by atoms with Crippen LogP contribution in [0.25, 0.3) is 11.8 Å². The fraction of sp³-hybridized carbons (Fsp3) is 0.353. The molecule has 5 heteroatoms. The molecule has 1 amide bonds. The molecule has 1 fully saturated rings. The van der Waals surface area contributed by atoms with Gasteiger partial charge in [-0.2, -0.15) is 0 Å². The number of amides is 1. The maximum atomic E-state index is 12.2. The third-order valence-corrected chi connectivity index (χ3v) is 4.14. The molecule has 0 radical (unpaired) electrons. The highest BCUT2D eigenvalue weighted by Crippen LogP contribution is 2.43. The van der Waals surface area contributed by atoms with Gasteiger partial charge in [0.15, 0.2) is 11.4 Å². The monoisotopic (exact) mass is 319 g/mol. The van der Waals surface area contributed by atoms with E-state index in [4.69, 9.17) is 16.3 Å². The number of carbonyl (C=O) groups is 1. The molecule has 1 aromatic carbocycles. The van der Waals surface area contributed by atoms with E-state index < -0.39 is 5.60 Å². The molecule has 0 atom stereocenters. The van der Waals surface area contributed by atoms with Crippen LogP contribution in [0.4, 0.5) is 0 Å². The van der Waals surface area contributed by atoms with E-state index in [1.165, 1.54) is 5.54 Å². The Bertz CT molecular complexity index is 691. The van der Waals surface area contributed by atoms with Crippen molar-refractivity contribution in [3.05, 3.63) is 40.6 Å². The Morgan fingerprint density at radius 3 is 2.82 bits per heavy atom. The van der Waals surface area contributed by atoms with Crippen LogP contribution < -0.4 is 4.74 Å². The second-order valence-electron chi connectivity index (χ2n) is 6.01. The minimum absolute atomic E-state index is 0.0310. The average molecular weight is 320 g/mol. The molecule has 4 nitrogen and oxygen atoms in total. The summed E-state index contributed by atoms with van der Waals surface area (Å²) in [6.07, 6.45) is 3.06. The molecule has 0 spiro atoms. The number of carbonyl (C=O) groups excluding carboxylic acids is 1. The van der Waals surface area contributed by atoms with Crippen LogP contribution >= 0.6 is 11.6 Å². The summed E-state index contributed by atoms with van der Waals surface area (Å²) in [5.74, 6) is 0.773. The first kappa shape index (κ1) is 15.0. The van der Waals surface area contributed by atoms with E-state index in [1.54, 1.807) is 24.8 Å². The molecule has 22 heavy (non-hydrogen) atoms. The molecule has 3 rings (SSSR count). The molecule has 1 aromatic rings. The number of nitrogens with zero attached hydrogens (tertiary/aromatic N) is 1. The van der Waals surface area contributed by atoms with Crippen LogP contribution in [0, 0.1) is 0 Å². The highest BCUT2D eigenvalue weighted by molar-refractivity contribution is 6.27. The minimum atomic E-state index is -0.866. The first-order chi connectivity index (χ1) is 10.4. The predicted molar refractivity (Wildman–Crippen MR) is 86.5 cm³/mol. The van der Waals surface area contributed by atoms with Crippen molar-refractivity contribution in [2.75, 3.05) is 6.54 Å². The SMILES string of the molecule is CC1(C)Oc2ccc(/C=C/Cl)cc2C(N2CCCC2=O)=C1O. The van der Waals surface area contributed by atoms with Gasteiger partial charge in [-0.05, 0) is 44.0 Å². The summed E-state index contributed by atoms with van der Waals surface area (Å²) in [4.78, 5) is 13.8. The van der Waals surface area contributed by atoms with E-state index in [2.05, 4.69) is 0 Å². The third-order valence-electron chi connectivity index (χ3n) is 4.02. The number of hydrogen-bond acceptors (Lipinski definition) is 3.